The summed E-state index contributed by atoms with van der Waals surface area (Å²) < 4.78 is 17.4. The molecule has 0 aliphatic carbocycles. The van der Waals surface area contributed by atoms with Crippen LogP contribution in [0, 0.1) is 12.7 Å². The monoisotopic (exact) mass is 450 g/mol. The van der Waals surface area contributed by atoms with Gasteiger partial charge in [0.2, 0.25) is 0 Å². The van der Waals surface area contributed by atoms with Crippen LogP contribution < -0.4 is 10.2 Å². The number of imidazole rings is 1. The van der Waals surface area contributed by atoms with Crippen LogP contribution in [0.5, 0.6) is 0 Å². The fourth-order valence-corrected chi connectivity index (χ4v) is 6.71. The van der Waals surface area contributed by atoms with Crippen molar-refractivity contribution in [2.24, 2.45) is 0 Å². The van der Waals surface area contributed by atoms with Crippen molar-refractivity contribution in [2.45, 2.75) is 63.6 Å². The second-order valence-electron chi connectivity index (χ2n) is 10.1. The Morgan fingerprint density at radius 3 is 2.66 bits per heavy atom. The van der Waals surface area contributed by atoms with Crippen LogP contribution in [-0.2, 0) is 0 Å². The number of piperidine rings is 1. The van der Waals surface area contributed by atoms with Gasteiger partial charge >= 0.3 is 0 Å². The molecular formula is C24H27FN6S. The SMILES string of the molecule is Cc1cn2cc(-c3cc4sc(N(C)C5CC6(C)CCC(C)(C5)N6)nc4cn3)cc(F)c2n1. The highest BCUT2D eigenvalue weighted by atomic mass is 32.1. The largest absolute Gasteiger partial charge is 0.348 e. The first-order valence-electron chi connectivity index (χ1n) is 11.1. The van der Waals surface area contributed by atoms with Crippen LogP contribution in [0.15, 0.2) is 30.7 Å². The van der Waals surface area contributed by atoms with Gasteiger partial charge in [-0.3, -0.25) is 4.98 Å². The highest BCUT2D eigenvalue weighted by Crippen LogP contribution is 2.44. The summed E-state index contributed by atoms with van der Waals surface area (Å²) in [5, 5.41) is 4.88. The number of anilines is 1. The molecule has 2 aliphatic rings. The number of aromatic nitrogens is 4. The third-order valence-electron chi connectivity index (χ3n) is 7.24. The highest BCUT2D eigenvalue weighted by Gasteiger charge is 2.49. The van der Waals surface area contributed by atoms with E-state index in [1.807, 2.05) is 25.4 Å². The number of hydrogen-bond acceptors (Lipinski definition) is 6. The van der Waals surface area contributed by atoms with E-state index in [9.17, 15) is 4.39 Å². The Balaban J connectivity index is 1.33. The first-order chi connectivity index (χ1) is 15.2. The van der Waals surface area contributed by atoms with Gasteiger partial charge in [-0.15, -0.1) is 0 Å². The molecule has 6 nitrogen and oxygen atoms in total. The molecule has 1 N–H and O–H groups in total. The lowest BCUT2D eigenvalue weighted by Crippen LogP contribution is -2.58. The summed E-state index contributed by atoms with van der Waals surface area (Å²) in [6.45, 7) is 6.56. The van der Waals surface area contributed by atoms with Gasteiger partial charge in [-0.05, 0) is 58.6 Å². The van der Waals surface area contributed by atoms with E-state index in [1.165, 1.54) is 18.9 Å². The van der Waals surface area contributed by atoms with Crippen molar-refractivity contribution >= 4 is 32.3 Å². The van der Waals surface area contributed by atoms with Crippen molar-refractivity contribution in [3.63, 3.8) is 0 Å². The van der Waals surface area contributed by atoms with E-state index in [1.54, 1.807) is 21.9 Å². The minimum atomic E-state index is -0.343. The zero-order chi connectivity index (χ0) is 22.3. The van der Waals surface area contributed by atoms with Gasteiger partial charge < -0.3 is 14.6 Å². The van der Waals surface area contributed by atoms with Crippen molar-refractivity contribution in [1.82, 2.24) is 24.7 Å². The number of rotatable bonds is 3. The van der Waals surface area contributed by atoms with Gasteiger partial charge in [0.05, 0.1) is 22.3 Å². The van der Waals surface area contributed by atoms with Gasteiger partial charge in [0.1, 0.15) is 5.52 Å². The first kappa shape index (κ1) is 20.1. The number of nitrogens with one attached hydrogen (secondary N) is 1. The molecule has 2 bridgehead atoms. The van der Waals surface area contributed by atoms with Crippen LogP contribution in [0.4, 0.5) is 9.52 Å². The number of hydrogen-bond donors (Lipinski definition) is 1. The lowest BCUT2D eigenvalue weighted by Gasteiger charge is -2.45. The number of aryl methyl sites for hydroxylation is 1. The molecule has 4 aromatic heterocycles. The number of halogens is 1. The minimum Gasteiger partial charge on any atom is -0.348 e. The predicted octanol–water partition coefficient (Wildman–Crippen LogP) is 4.95. The van der Waals surface area contributed by atoms with Crippen LogP contribution in [0.3, 0.4) is 0 Å². The molecule has 0 aromatic carbocycles. The fourth-order valence-electron chi connectivity index (χ4n) is 5.70. The third kappa shape index (κ3) is 3.19. The summed E-state index contributed by atoms with van der Waals surface area (Å²) >= 11 is 1.68. The number of nitrogens with zero attached hydrogens (tertiary/aromatic N) is 5. The Hall–Kier alpha value is -2.58. The summed E-state index contributed by atoms with van der Waals surface area (Å²) in [6.07, 6.45) is 10.2. The topological polar surface area (TPSA) is 58.4 Å². The normalized spacial score (nSPS) is 27.5. The first-order valence-corrected chi connectivity index (χ1v) is 12.0. The Kier molecular flexibility index (Phi) is 4.21. The molecule has 166 valence electrons. The van der Waals surface area contributed by atoms with Crippen molar-refractivity contribution in [3.05, 3.63) is 42.2 Å². The molecule has 2 saturated heterocycles. The van der Waals surface area contributed by atoms with Crippen LogP contribution in [0.1, 0.15) is 45.2 Å². The minimum absolute atomic E-state index is 0.214. The lowest BCUT2D eigenvalue weighted by molar-refractivity contribution is 0.208. The Morgan fingerprint density at radius 2 is 1.91 bits per heavy atom. The average Bonchev–Trinajstić information content (AvgIpc) is 3.39. The van der Waals surface area contributed by atoms with E-state index in [0.29, 0.717) is 11.7 Å². The van der Waals surface area contributed by atoms with Gasteiger partial charge in [0.15, 0.2) is 16.6 Å². The molecule has 0 amide bonds. The Morgan fingerprint density at radius 1 is 1.16 bits per heavy atom. The van der Waals surface area contributed by atoms with E-state index in [2.05, 4.69) is 41.1 Å². The second kappa shape index (κ2) is 6.71. The summed E-state index contributed by atoms with van der Waals surface area (Å²) in [4.78, 5) is 16.1. The molecular weight excluding hydrogens is 423 g/mol. The van der Waals surface area contributed by atoms with Crippen LogP contribution >= 0.6 is 11.3 Å². The maximum atomic E-state index is 14.6. The summed E-state index contributed by atoms with van der Waals surface area (Å²) in [7, 11) is 2.17. The zero-order valence-electron chi connectivity index (χ0n) is 18.8. The summed E-state index contributed by atoms with van der Waals surface area (Å²) in [6, 6.07) is 3.99. The average molecular weight is 451 g/mol. The maximum Gasteiger partial charge on any atom is 0.186 e. The molecule has 6 heterocycles. The molecule has 2 unspecified atom stereocenters. The van der Waals surface area contributed by atoms with Gasteiger partial charge in [-0.25, -0.2) is 14.4 Å². The Labute approximate surface area is 190 Å². The van der Waals surface area contributed by atoms with Crippen LogP contribution in [-0.4, -0.2) is 43.5 Å². The number of pyridine rings is 2. The smallest absolute Gasteiger partial charge is 0.186 e. The van der Waals surface area contributed by atoms with Crippen molar-refractivity contribution in [2.75, 3.05) is 11.9 Å². The number of fused-ring (bicyclic) bond motifs is 4. The Bertz CT molecular complexity index is 1340. The quantitative estimate of drug-likeness (QED) is 0.478. The molecule has 0 radical (unpaired) electrons. The third-order valence-corrected chi connectivity index (χ3v) is 8.35. The summed E-state index contributed by atoms with van der Waals surface area (Å²) in [5.74, 6) is -0.343. The van der Waals surface area contributed by atoms with Crippen LogP contribution in [0.25, 0.3) is 27.1 Å². The van der Waals surface area contributed by atoms with Gasteiger partial charge in [-0.2, -0.15) is 0 Å². The summed E-state index contributed by atoms with van der Waals surface area (Å²) in [5.41, 5.74) is 3.91. The van der Waals surface area contributed by atoms with E-state index in [0.717, 1.165) is 45.1 Å². The van der Waals surface area contributed by atoms with E-state index < -0.39 is 0 Å². The van der Waals surface area contributed by atoms with Gasteiger partial charge in [0, 0.05) is 42.1 Å². The molecule has 8 heteroatoms. The van der Waals surface area contributed by atoms with Gasteiger partial charge in [-0.1, -0.05) is 11.3 Å². The predicted molar refractivity (Wildman–Crippen MR) is 127 cm³/mol. The maximum absolute atomic E-state index is 14.6. The standard InChI is InChI=1S/C24H27FN6S/c1-14-12-31-13-15(7-17(25)21(31)27-14)18-8-20-19(11-26-18)28-22(32-20)30(4)16-9-23(2)5-6-24(3,10-16)29-23/h7-8,11-13,16,29H,5-6,9-10H2,1-4H3. The van der Waals surface area contributed by atoms with Crippen LogP contribution in [0.2, 0.25) is 0 Å². The molecule has 0 spiro atoms. The van der Waals surface area contributed by atoms with Crippen molar-refractivity contribution in [3.8, 4) is 11.3 Å². The van der Waals surface area contributed by atoms with Gasteiger partial charge in [0.25, 0.3) is 0 Å². The van der Waals surface area contributed by atoms with E-state index >= 15 is 0 Å². The highest BCUT2D eigenvalue weighted by molar-refractivity contribution is 7.22. The molecule has 2 aliphatic heterocycles. The molecule has 2 fully saturated rings. The zero-order valence-corrected chi connectivity index (χ0v) is 19.6. The fraction of sp³-hybridized carbons (Fsp3) is 0.458. The molecule has 4 aromatic rings. The van der Waals surface area contributed by atoms with E-state index in [4.69, 9.17) is 4.98 Å². The molecule has 6 rings (SSSR count). The lowest BCUT2D eigenvalue weighted by atomic mass is 9.84. The molecule has 0 saturated carbocycles. The van der Waals surface area contributed by atoms with Crippen molar-refractivity contribution < 1.29 is 4.39 Å². The number of thiazole rings is 1. The molecule has 32 heavy (non-hydrogen) atoms. The van der Waals surface area contributed by atoms with Crippen molar-refractivity contribution in [1.29, 1.82) is 0 Å². The molecule has 2 atom stereocenters. The second-order valence-corrected chi connectivity index (χ2v) is 11.2. The van der Waals surface area contributed by atoms with E-state index in [-0.39, 0.29) is 16.9 Å².